The Morgan fingerprint density at radius 1 is 1.16 bits per heavy atom. The van der Waals surface area contributed by atoms with E-state index in [4.69, 9.17) is 15.5 Å². The minimum Gasteiger partial charge on any atom is -0.494 e. The van der Waals surface area contributed by atoms with Crippen LogP contribution in [0.1, 0.15) is 5.56 Å². The molecule has 2 aromatic heterocycles. The summed E-state index contributed by atoms with van der Waals surface area (Å²) in [6.45, 7) is 1.76. The maximum Gasteiger partial charge on any atom is 0.227 e. The number of hydrogen-bond acceptors (Lipinski definition) is 8. The molecule has 0 fully saturated rings. The maximum absolute atomic E-state index is 6.43. The summed E-state index contributed by atoms with van der Waals surface area (Å²) in [5, 5.41) is 7.44. The lowest BCUT2D eigenvalue weighted by Crippen LogP contribution is -2.29. The van der Waals surface area contributed by atoms with Crippen LogP contribution in [0.2, 0.25) is 0 Å². The van der Waals surface area contributed by atoms with Crippen molar-refractivity contribution in [1.82, 2.24) is 19.4 Å². The number of aryl methyl sites for hydroxylation is 1. The quantitative estimate of drug-likeness (QED) is 0.154. The molecule has 10 heteroatoms. The molecule has 37 heavy (non-hydrogen) atoms. The van der Waals surface area contributed by atoms with Crippen LogP contribution in [0.5, 0.6) is 5.75 Å². The number of methoxy groups -OCH3 is 1. The standard InChI is InChI=1S/C27H30IN7OS/c1-33(2)11-12-34(3)25-16-26(36-5)23(15-21(25)29)32-27-30-10-8-22(31-27)20-17-35(4)24-14-18(9-13-37-28)6-7-19(20)24/h6-8,10,14-17H,11-12,29H2,1-5H3,(H,30,31,32). The zero-order valence-corrected chi connectivity index (χ0v) is 24.5. The molecule has 0 aliphatic carbocycles. The van der Waals surface area contributed by atoms with E-state index < -0.39 is 0 Å². The van der Waals surface area contributed by atoms with Crippen LogP contribution in [0.15, 0.2) is 48.8 Å². The van der Waals surface area contributed by atoms with Gasteiger partial charge in [0.2, 0.25) is 5.95 Å². The number of hydrogen-bond donors (Lipinski definition) is 2. The van der Waals surface area contributed by atoms with Gasteiger partial charge in [-0.25, -0.2) is 9.97 Å². The molecular formula is C27H30IN7OS. The van der Waals surface area contributed by atoms with E-state index in [0.717, 1.165) is 46.5 Å². The molecule has 192 valence electrons. The predicted molar refractivity (Wildman–Crippen MR) is 165 cm³/mol. The number of halogens is 1. The third kappa shape index (κ3) is 6.23. The van der Waals surface area contributed by atoms with Gasteiger partial charge in [0.25, 0.3) is 0 Å². The Kier molecular flexibility index (Phi) is 8.68. The molecule has 8 nitrogen and oxygen atoms in total. The van der Waals surface area contributed by atoms with Crippen LogP contribution in [0.3, 0.4) is 0 Å². The van der Waals surface area contributed by atoms with Crippen molar-refractivity contribution < 1.29 is 4.74 Å². The van der Waals surface area contributed by atoms with Crippen molar-refractivity contribution in [2.24, 2.45) is 7.05 Å². The van der Waals surface area contributed by atoms with E-state index >= 15 is 0 Å². The molecular weight excluding hydrogens is 597 g/mol. The van der Waals surface area contributed by atoms with Crippen molar-refractivity contribution in [3.8, 4) is 28.2 Å². The second-order valence-corrected chi connectivity index (χ2v) is 10.6. The highest BCUT2D eigenvalue weighted by Crippen LogP contribution is 2.36. The Bertz CT molecular complexity index is 1480. The summed E-state index contributed by atoms with van der Waals surface area (Å²) in [6, 6.07) is 12.0. The first-order valence-corrected chi connectivity index (χ1v) is 15.0. The van der Waals surface area contributed by atoms with Crippen molar-refractivity contribution in [2.45, 2.75) is 0 Å². The summed E-state index contributed by atoms with van der Waals surface area (Å²) in [5.41, 5.74) is 12.6. The number of benzene rings is 2. The summed E-state index contributed by atoms with van der Waals surface area (Å²) in [7, 11) is 11.3. The largest absolute Gasteiger partial charge is 0.494 e. The van der Waals surface area contributed by atoms with Gasteiger partial charge in [0.05, 0.1) is 29.9 Å². The van der Waals surface area contributed by atoms with E-state index in [-0.39, 0.29) is 0 Å². The first-order valence-electron chi connectivity index (χ1n) is 11.6. The van der Waals surface area contributed by atoms with Gasteiger partial charge in [0, 0.05) is 88.9 Å². The smallest absolute Gasteiger partial charge is 0.227 e. The van der Waals surface area contributed by atoms with Crippen LogP contribution >= 0.6 is 30.1 Å². The molecule has 0 spiro atoms. The van der Waals surface area contributed by atoms with Crippen LogP contribution in [0.4, 0.5) is 23.0 Å². The molecule has 0 unspecified atom stereocenters. The molecule has 4 aromatic rings. The van der Waals surface area contributed by atoms with E-state index in [1.165, 1.54) is 8.93 Å². The molecule has 0 bridgehead atoms. The molecule has 0 radical (unpaired) electrons. The minimum absolute atomic E-state index is 0.461. The van der Waals surface area contributed by atoms with E-state index in [2.05, 4.69) is 89.5 Å². The van der Waals surface area contributed by atoms with Crippen LogP contribution in [-0.4, -0.2) is 60.8 Å². The van der Waals surface area contributed by atoms with Crippen LogP contribution in [0.25, 0.3) is 22.2 Å². The van der Waals surface area contributed by atoms with E-state index in [9.17, 15) is 0 Å². The second-order valence-electron chi connectivity index (χ2n) is 8.92. The summed E-state index contributed by atoms with van der Waals surface area (Å²) in [4.78, 5) is 13.5. The summed E-state index contributed by atoms with van der Waals surface area (Å²) in [6.07, 6.45) is 3.83. The lowest BCUT2D eigenvalue weighted by atomic mass is 10.1. The summed E-state index contributed by atoms with van der Waals surface area (Å²) >= 11 is 2.18. The van der Waals surface area contributed by atoms with Crippen LogP contribution in [0, 0.1) is 11.2 Å². The van der Waals surface area contributed by atoms with Gasteiger partial charge in [-0.15, -0.1) is 0 Å². The van der Waals surface area contributed by atoms with Crippen LogP contribution in [-0.2, 0) is 7.05 Å². The number of rotatable bonds is 8. The first-order chi connectivity index (χ1) is 17.8. The minimum atomic E-state index is 0.461. The van der Waals surface area contributed by atoms with E-state index in [1.807, 2.05) is 38.4 Å². The number of anilines is 4. The monoisotopic (exact) mass is 627 g/mol. The third-order valence-corrected chi connectivity index (χ3v) is 6.89. The van der Waals surface area contributed by atoms with Gasteiger partial charge >= 0.3 is 0 Å². The molecule has 2 heterocycles. The van der Waals surface area contributed by atoms with Gasteiger partial charge in [0.1, 0.15) is 5.75 Å². The Morgan fingerprint density at radius 3 is 2.70 bits per heavy atom. The predicted octanol–water partition coefficient (Wildman–Crippen LogP) is 5.36. The lowest BCUT2D eigenvalue weighted by molar-refractivity contribution is 0.413. The van der Waals surface area contributed by atoms with Gasteiger partial charge < -0.3 is 30.2 Å². The highest BCUT2D eigenvalue weighted by Gasteiger charge is 2.15. The fraction of sp³-hybridized carbons (Fsp3) is 0.259. The molecule has 0 saturated carbocycles. The normalized spacial score (nSPS) is 10.9. The zero-order valence-electron chi connectivity index (χ0n) is 21.5. The molecule has 0 saturated heterocycles. The highest BCUT2D eigenvalue weighted by molar-refractivity contribution is 14.2. The van der Waals surface area contributed by atoms with Gasteiger partial charge in [-0.3, -0.25) is 0 Å². The van der Waals surface area contributed by atoms with Crippen LogP contribution < -0.4 is 20.7 Å². The Morgan fingerprint density at radius 2 is 1.97 bits per heavy atom. The average molecular weight is 628 g/mol. The van der Waals surface area contributed by atoms with Gasteiger partial charge in [-0.2, -0.15) is 0 Å². The number of aromatic nitrogens is 3. The maximum atomic E-state index is 6.43. The van der Waals surface area contributed by atoms with Gasteiger partial charge in [-0.1, -0.05) is 12.0 Å². The molecule has 4 rings (SSSR count). The molecule has 2 aromatic carbocycles. The molecule has 3 N–H and O–H groups in total. The van der Waals surface area contributed by atoms with Crippen molar-refractivity contribution in [1.29, 1.82) is 0 Å². The Hall–Kier alpha value is -3.14. The number of likely N-dealkylation sites (N-methyl/N-ethyl adjacent to an activating group) is 2. The fourth-order valence-electron chi connectivity index (χ4n) is 4.09. The van der Waals surface area contributed by atoms with Crippen molar-refractivity contribution in [2.75, 3.05) is 57.3 Å². The highest BCUT2D eigenvalue weighted by atomic mass is 127. The molecule has 0 aliphatic rings. The number of nitrogens with two attached hydrogens (primary N) is 1. The Labute approximate surface area is 234 Å². The van der Waals surface area contributed by atoms with Crippen molar-refractivity contribution in [3.63, 3.8) is 0 Å². The molecule has 0 aliphatic heterocycles. The number of nitrogen functional groups attached to an aromatic ring is 1. The van der Waals surface area contributed by atoms with E-state index in [0.29, 0.717) is 23.1 Å². The van der Waals surface area contributed by atoms with Gasteiger partial charge in [0.15, 0.2) is 0 Å². The molecule has 0 atom stereocenters. The number of nitrogens with one attached hydrogen (secondary N) is 1. The average Bonchev–Trinajstić information content (AvgIpc) is 3.22. The lowest BCUT2D eigenvalue weighted by Gasteiger charge is -2.24. The number of fused-ring (bicyclic) bond motifs is 1. The molecule has 0 amide bonds. The van der Waals surface area contributed by atoms with Crippen molar-refractivity contribution in [3.05, 3.63) is 54.4 Å². The Balaban J connectivity index is 1.64. The zero-order chi connectivity index (χ0) is 26.5. The number of nitrogens with zero attached hydrogens (tertiary/aromatic N) is 5. The number of ether oxygens (including phenoxy) is 1. The van der Waals surface area contributed by atoms with Gasteiger partial charge in [-0.05, 0) is 52.5 Å². The van der Waals surface area contributed by atoms with E-state index in [1.54, 1.807) is 13.3 Å². The second kappa shape index (κ2) is 11.9. The van der Waals surface area contributed by atoms with Crippen molar-refractivity contribution >= 4 is 64.1 Å². The third-order valence-electron chi connectivity index (χ3n) is 6.05. The fourth-order valence-corrected chi connectivity index (χ4v) is 4.57. The topological polar surface area (TPSA) is 84.5 Å². The summed E-state index contributed by atoms with van der Waals surface area (Å²) in [5.74, 6) is 4.29. The SMILES string of the molecule is COc1cc(N(C)CCN(C)C)c(N)cc1Nc1nccc(-c2cn(C)c3cc(C#CSI)ccc23)n1. The first kappa shape index (κ1) is 26.9. The summed E-state index contributed by atoms with van der Waals surface area (Å²) < 4.78 is 7.77.